The molecule has 0 radical (unpaired) electrons. The van der Waals surface area contributed by atoms with Gasteiger partial charge in [0, 0.05) is 30.3 Å². The van der Waals surface area contributed by atoms with Gasteiger partial charge in [0.25, 0.3) is 5.91 Å². The molecule has 0 saturated heterocycles. The molecule has 0 atom stereocenters. The molecule has 156 valence electrons. The summed E-state index contributed by atoms with van der Waals surface area (Å²) in [4.78, 5) is 12.5. The zero-order valence-electron chi connectivity index (χ0n) is 16.8. The fourth-order valence-electron chi connectivity index (χ4n) is 2.71. The number of hydrazone groups is 1. The minimum Gasteiger partial charge on any atom is -0.507 e. The summed E-state index contributed by atoms with van der Waals surface area (Å²) >= 11 is 0. The number of ether oxygens (including phenoxy) is 1. The number of amides is 1. The quantitative estimate of drug-likeness (QED) is 0.505. The summed E-state index contributed by atoms with van der Waals surface area (Å²) < 4.78 is 31.6. The average molecular weight is 420 g/mol. The van der Waals surface area contributed by atoms with Crippen molar-refractivity contribution in [2.45, 2.75) is 25.7 Å². The molecule has 0 heterocycles. The molecule has 2 N–H and O–H groups in total. The van der Waals surface area contributed by atoms with Crippen molar-refractivity contribution in [2.75, 3.05) is 20.2 Å². The molecule has 0 saturated carbocycles. The number of sulfonamides is 1. The first-order chi connectivity index (χ1) is 13.7. The highest BCUT2D eigenvalue weighted by Crippen LogP contribution is 2.24. The van der Waals surface area contributed by atoms with Gasteiger partial charge in [-0.2, -0.15) is 9.41 Å². The highest BCUT2D eigenvalue weighted by molar-refractivity contribution is 7.89. The topological polar surface area (TPSA) is 108 Å². The van der Waals surface area contributed by atoms with Gasteiger partial charge < -0.3 is 9.84 Å². The fraction of sp³-hybridized carbons (Fsp3) is 0.300. The first-order valence-corrected chi connectivity index (χ1v) is 10.5. The number of phenolic OH excluding ortho intramolecular Hbond substituents is 1. The van der Waals surface area contributed by atoms with Crippen LogP contribution in [0.25, 0.3) is 0 Å². The molecule has 0 aliphatic heterocycles. The van der Waals surface area contributed by atoms with Gasteiger partial charge in [-0.05, 0) is 37.3 Å². The third kappa shape index (κ3) is 5.12. The lowest BCUT2D eigenvalue weighted by Crippen LogP contribution is -2.30. The van der Waals surface area contributed by atoms with Gasteiger partial charge in [-0.15, -0.1) is 0 Å². The average Bonchev–Trinajstić information content (AvgIpc) is 2.72. The van der Waals surface area contributed by atoms with Crippen molar-refractivity contribution in [1.29, 1.82) is 0 Å². The molecule has 0 aromatic heterocycles. The van der Waals surface area contributed by atoms with Crippen LogP contribution in [0.5, 0.6) is 11.5 Å². The molecular formula is C20H25N3O5S. The van der Waals surface area contributed by atoms with E-state index in [0.717, 1.165) is 0 Å². The summed E-state index contributed by atoms with van der Waals surface area (Å²) in [5.41, 5.74) is 3.36. The third-order valence-corrected chi connectivity index (χ3v) is 6.41. The van der Waals surface area contributed by atoms with E-state index in [-0.39, 0.29) is 16.2 Å². The van der Waals surface area contributed by atoms with Crippen LogP contribution < -0.4 is 10.2 Å². The van der Waals surface area contributed by atoms with Crippen LogP contribution in [0.2, 0.25) is 0 Å². The Morgan fingerprint density at radius 3 is 2.45 bits per heavy atom. The van der Waals surface area contributed by atoms with E-state index >= 15 is 0 Å². The molecule has 1 amide bonds. The van der Waals surface area contributed by atoms with Crippen molar-refractivity contribution in [2.24, 2.45) is 5.10 Å². The second kappa shape index (κ2) is 9.53. The van der Waals surface area contributed by atoms with Gasteiger partial charge in [0.2, 0.25) is 10.0 Å². The fourth-order valence-corrected chi connectivity index (χ4v) is 4.22. The molecule has 8 nitrogen and oxygen atoms in total. The molecule has 0 unspecified atom stereocenters. The molecule has 0 bridgehead atoms. The van der Waals surface area contributed by atoms with Crippen LogP contribution in [-0.2, 0) is 10.0 Å². The van der Waals surface area contributed by atoms with E-state index in [9.17, 15) is 18.3 Å². The SMILES string of the molecule is CCN(CC)S(=O)(=O)c1cccc(C(=O)N/N=C(/C)c2ccc(OC)cc2O)c1. The Balaban J connectivity index is 2.22. The molecule has 0 fully saturated rings. The summed E-state index contributed by atoms with van der Waals surface area (Å²) in [6.45, 7) is 5.81. The van der Waals surface area contributed by atoms with Gasteiger partial charge in [-0.3, -0.25) is 4.79 Å². The van der Waals surface area contributed by atoms with Crippen LogP contribution in [0.3, 0.4) is 0 Å². The van der Waals surface area contributed by atoms with Crippen LogP contribution in [0.1, 0.15) is 36.7 Å². The standard InChI is InChI=1S/C20H25N3O5S/c1-5-23(6-2)29(26,27)17-9-7-8-15(12-17)20(25)22-21-14(3)18-11-10-16(28-4)13-19(18)24/h7-13,24H,5-6H2,1-4H3,(H,22,25)/b21-14-. The highest BCUT2D eigenvalue weighted by atomic mass is 32.2. The van der Waals surface area contributed by atoms with Crippen molar-refractivity contribution in [1.82, 2.24) is 9.73 Å². The minimum absolute atomic E-state index is 0.0350. The first-order valence-electron chi connectivity index (χ1n) is 9.06. The molecular weight excluding hydrogens is 394 g/mol. The summed E-state index contributed by atoms with van der Waals surface area (Å²) in [5.74, 6) is -0.101. The van der Waals surface area contributed by atoms with Crippen molar-refractivity contribution in [3.63, 3.8) is 0 Å². The van der Waals surface area contributed by atoms with Crippen LogP contribution in [0, 0.1) is 0 Å². The third-order valence-electron chi connectivity index (χ3n) is 4.36. The number of carbonyl (C=O) groups excluding carboxylic acids is 1. The Labute approximate surface area is 170 Å². The lowest BCUT2D eigenvalue weighted by atomic mass is 10.1. The van der Waals surface area contributed by atoms with Gasteiger partial charge in [-0.1, -0.05) is 19.9 Å². The highest BCUT2D eigenvalue weighted by Gasteiger charge is 2.22. The van der Waals surface area contributed by atoms with Crippen molar-refractivity contribution < 1.29 is 23.1 Å². The molecule has 0 spiro atoms. The maximum Gasteiger partial charge on any atom is 0.271 e. The maximum absolute atomic E-state index is 12.6. The van der Waals surface area contributed by atoms with Crippen LogP contribution >= 0.6 is 0 Å². The number of nitrogens with one attached hydrogen (secondary N) is 1. The van der Waals surface area contributed by atoms with Crippen molar-refractivity contribution in [3.05, 3.63) is 53.6 Å². The van der Waals surface area contributed by atoms with E-state index in [1.54, 1.807) is 32.9 Å². The molecule has 0 aliphatic carbocycles. The number of rotatable bonds is 8. The second-order valence-corrected chi connectivity index (χ2v) is 8.08. The molecule has 2 aromatic rings. The lowest BCUT2D eigenvalue weighted by Gasteiger charge is -2.18. The van der Waals surface area contributed by atoms with Crippen LogP contribution in [0.4, 0.5) is 0 Å². The van der Waals surface area contributed by atoms with Crippen LogP contribution in [0.15, 0.2) is 52.5 Å². The summed E-state index contributed by atoms with van der Waals surface area (Å²) in [5, 5.41) is 14.1. The van der Waals surface area contributed by atoms with E-state index in [1.807, 2.05) is 0 Å². The predicted molar refractivity (Wildman–Crippen MR) is 111 cm³/mol. The Bertz CT molecular complexity index is 1010. The number of benzene rings is 2. The Hall–Kier alpha value is -2.91. The van der Waals surface area contributed by atoms with Gasteiger partial charge in [0.15, 0.2) is 0 Å². The number of nitrogens with zero attached hydrogens (tertiary/aromatic N) is 2. The smallest absolute Gasteiger partial charge is 0.271 e. The Morgan fingerprint density at radius 2 is 1.86 bits per heavy atom. The molecule has 9 heteroatoms. The summed E-state index contributed by atoms with van der Waals surface area (Å²) in [6, 6.07) is 10.5. The van der Waals surface area contributed by atoms with Crippen molar-refractivity contribution in [3.8, 4) is 11.5 Å². The Morgan fingerprint density at radius 1 is 1.17 bits per heavy atom. The van der Waals surface area contributed by atoms with E-state index < -0.39 is 15.9 Å². The van der Waals surface area contributed by atoms with E-state index in [2.05, 4.69) is 10.5 Å². The molecule has 2 aromatic carbocycles. The van der Waals surface area contributed by atoms with Gasteiger partial charge in [-0.25, -0.2) is 13.8 Å². The first kappa shape index (κ1) is 22.4. The molecule has 2 rings (SSSR count). The zero-order valence-corrected chi connectivity index (χ0v) is 17.7. The molecule has 0 aliphatic rings. The van der Waals surface area contributed by atoms with Crippen molar-refractivity contribution >= 4 is 21.6 Å². The largest absolute Gasteiger partial charge is 0.507 e. The number of phenols is 1. The maximum atomic E-state index is 12.6. The number of hydrogen-bond donors (Lipinski definition) is 2. The summed E-state index contributed by atoms with van der Waals surface area (Å²) in [7, 11) is -2.18. The van der Waals surface area contributed by atoms with E-state index in [1.165, 1.54) is 41.7 Å². The normalized spacial score (nSPS) is 12.1. The number of carbonyl (C=O) groups is 1. The number of aromatic hydroxyl groups is 1. The van der Waals surface area contributed by atoms with Crippen LogP contribution in [-0.4, -0.2) is 49.6 Å². The van der Waals surface area contributed by atoms with Gasteiger partial charge in [0.05, 0.1) is 17.7 Å². The monoisotopic (exact) mass is 419 g/mol. The van der Waals surface area contributed by atoms with E-state index in [0.29, 0.717) is 30.1 Å². The van der Waals surface area contributed by atoms with E-state index in [4.69, 9.17) is 4.74 Å². The zero-order chi connectivity index (χ0) is 21.6. The molecule has 29 heavy (non-hydrogen) atoms. The minimum atomic E-state index is -3.67. The number of hydrogen-bond acceptors (Lipinski definition) is 6. The summed E-state index contributed by atoms with van der Waals surface area (Å²) in [6.07, 6.45) is 0. The predicted octanol–water partition coefficient (Wildman–Crippen LogP) is 2.59. The van der Waals surface area contributed by atoms with Gasteiger partial charge in [0.1, 0.15) is 11.5 Å². The lowest BCUT2D eigenvalue weighted by molar-refractivity contribution is 0.0954. The number of methoxy groups -OCH3 is 1. The van der Waals surface area contributed by atoms with Gasteiger partial charge >= 0.3 is 0 Å². The Kier molecular flexibility index (Phi) is 7.35. The second-order valence-electron chi connectivity index (χ2n) is 6.14.